The van der Waals surface area contributed by atoms with Crippen LogP contribution in [-0.4, -0.2) is 12.0 Å². The highest BCUT2D eigenvalue weighted by Crippen LogP contribution is 2.30. The molecule has 3 heteroatoms. The zero-order valence-electron chi connectivity index (χ0n) is 12.1. The van der Waals surface area contributed by atoms with E-state index in [4.69, 9.17) is 0 Å². The number of aryl methyl sites for hydroxylation is 1. The molecule has 1 aromatic heterocycles. The molecule has 3 rings (SSSR count). The lowest BCUT2D eigenvalue weighted by Gasteiger charge is -2.19. The van der Waals surface area contributed by atoms with Crippen molar-refractivity contribution in [1.29, 1.82) is 0 Å². The van der Waals surface area contributed by atoms with Crippen LogP contribution in [0.15, 0.2) is 59.2 Å². The van der Waals surface area contributed by atoms with Gasteiger partial charge in [0.2, 0.25) is 0 Å². The number of rotatable bonds is 3. The van der Waals surface area contributed by atoms with Crippen LogP contribution >= 0.6 is 15.9 Å². The van der Waals surface area contributed by atoms with Gasteiger partial charge in [0.15, 0.2) is 0 Å². The fraction of sp³-hybridized carbons (Fsp3) is 0.167. The molecule has 2 aromatic carbocycles. The Hall–Kier alpha value is -1.71. The first-order valence-electron chi connectivity index (χ1n) is 6.97. The predicted octanol–water partition coefficient (Wildman–Crippen LogP) is 4.61. The fourth-order valence-electron chi connectivity index (χ4n) is 2.61. The van der Waals surface area contributed by atoms with Gasteiger partial charge in [-0.1, -0.05) is 46.3 Å². The van der Waals surface area contributed by atoms with Crippen LogP contribution in [0, 0.1) is 6.92 Å². The van der Waals surface area contributed by atoms with E-state index >= 15 is 0 Å². The van der Waals surface area contributed by atoms with Crippen molar-refractivity contribution in [3.63, 3.8) is 0 Å². The molecule has 1 heterocycles. The Morgan fingerprint density at radius 1 is 1.10 bits per heavy atom. The molecular weight excluding hydrogens is 324 g/mol. The molecule has 0 aliphatic rings. The maximum atomic E-state index is 4.57. The highest BCUT2D eigenvalue weighted by atomic mass is 79.9. The highest BCUT2D eigenvalue weighted by Gasteiger charge is 2.15. The van der Waals surface area contributed by atoms with Crippen molar-refractivity contribution in [2.75, 3.05) is 7.05 Å². The molecule has 0 aliphatic carbocycles. The number of nitrogens with zero attached hydrogens (tertiary/aromatic N) is 1. The van der Waals surface area contributed by atoms with Gasteiger partial charge in [0.1, 0.15) is 0 Å². The average molecular weight is 341 g/mol. The summed E-state index contributed by atoms with van der Waals surface area (Å²) in [7, 11) is 1.98. The van der Waals surface area contributed by atoms with Gasteiger partial charge in [-0.15, -0.1) is 0 Å². The molecule has 0 radical (unpaired) electrons. The second-order valence-corrected chi connectivity index (χ2v) is 6.06. The lowest BCUT2D eigenvalue weighted by molar-refractivity contribution is 0.687. The Morgan fingerprint density at radius 2 is 1.90 bits per heavy atom. The molecule has 2 nitrogen and oxygen atoms in total. The van der Waals surface area contributed by atoms with E-state index in [9.17, 15) is 0 Å². The first-order chi connectivity index (χ1) is 10.2. The molecule has 0 aliphatic heterocycles. The Labute approximate surface area is 133 Å². The van der Waals surface area contributed by atoms with E-state index in [-0.39, 0.29) is 6.04 Å². The van der Waals surface area contributed by atoms with Gasteiger partial charge in [-0.3, -0.25) is 4.98 Å². The van der Waals surface area contributed by atoms with Gasteiger partial charge >= 0.3 is 0 Å². The third-order valence-electron chi connectivity index (χ3n) is 3.70. The van der Waals surface area contributed by atoms with Crippen LogP contribution in [0.1, 0.15) is 22.7 Å². The molecule has 0 fully saturated rings. The number of hydrogen-bond donors (Lipinski definition) is 1. The molecule has 0 amide bonds. The zero-order valence-corrected chi connectivity index (χ0v) is 13.7. The summed E-state index contributed by atoms with van der Waals surface area (Å²) in [6.45, 7) is 2.10. The van der Waals surface area contributed by atoms with Gasteiger partial charge < -0.3 is 5.32 Å². The molecule has 106 valence electrons. The maximum Gasteiger partial charge on any atom is 0.0702 e. The SMILES string of the molecule is CNC(c1cnc2ccccc2c1)c1ccc(C)cc1Br. The summed E-state index contributed by atoms with van der Waals surface area (Å²) in [5, 5.41) is 4.55. The largest absolute Gasteiger partial charge is 0.309 e. The van der Waals surface area contributed by atoms with E-state index in [0.717, 1.165) is 9.99 Å². The van der Waals surface area contributed by atoms with Crippen LogP contribution in [0.4, 0.5) is 0 Å². The number of para-hydroxylation sites is 1. The molecule has 0 spiro atoms. The third kappa shape index (κ3) is 2.85. The molecule has 21 heavy (non-hydrogen) atoms. The normalized spacial score (nSPS) is 12.5. The van der Waals surface area contributed by atoms with Crippen LogP contribution in [-0.2, 0) is 0 Å². The number of benzene rings is 2. The van der Waals surface area contributed by atoms with E-state index in [2.05, 4.69) is 63.5 Å². The van der Waals surface area contributed by atoms with Crippen molar-refractivity contribution in [2.24, 2.45) is 0 Å². The Morgan fingerprint density at radius 3 is 2.67 bits per heavy atom. The summed E-state index contributed by atoms with van der Waals surface area (Å²) in [6.07, 6.45) is 1.95. The molecule has 0 bridgehead atoms. The molecule has 3 aromatic rings. The van der Waals surface area contributed by atoms with E-state index in [1.54, 1.807) is 0 Å². The molecule has 1 unspecified atom stereocenters. The van der Waals surface area contributed by atoms with Crippen LogP contribution in [0.3, 0.4) is 0 Å². The average Bonchev–Trinajstić information content (AvgIpc) is 2.50. The van der Waals surface area contributed by atoms with E-state index < -0.39 is 0 Å². The van der Waals surface area contributed by atoms with Crippen LogP contribution in [0.25, 0.3) is 10.9 Å². The summed E-state index contributed by atoms with van der Waals surface area (Å²) in [4.78, 5) is 4.57. The van der Waals surface area contributed by atoms with Crippen molar-refractivity contribution in [2.45, 2.75) is 13.0 Å². The Kier molecular flexibility index (Phi) is 4.04. The minimum absolute atomic E-state index is 0.122. The van der Waals surface area contributed by atoms with Gasteiger partial charge in [0, 0.05) is 16.1 Å². The first kappa shape index (κ1) is 14.2. The van der Waals surface area contributed by atoms with Crippen molar-refractivity contribution >= 4 is 26.8 Å². The summed E-state index contributed by atoms with van der Waals surface area (Å²) in [6, 6.07) is 17.0. The van der Waals surface area contributed by atoms with Gasteiger partial charge in [0.05, 0.1) is 11.6 Å². The topological polar surface area (TPSA) is 24.9 Å². The second kappa shape index (κ2) is 5.96. The number of pyridine rings is 1. The fourth-order valence-corrected chi connectivity index (χ4v) is 3.34. The van der Waals surface area contributed by atoms with E-state index in [0.29, 0.717) is 0 Å². The van der Waals surface area contributed by atoms with Crippen LogP contribution in [0.2, 0.25) is 0 Å². The Bertz CT molecular complexity index is 783. The number of halogens is 1. The minimum atomic E-state index is 0.122. The summed E-state index contributed by atoms with van der Waals surface area (Å²) >= 11 is 3.68. The van der Waals surface area contributed by atoms with Crippen molar-refractivity contribution in [1.82, 2.24) is 10.3 Å². The van der Waals surface area contributed by atoms with Crippen molar-refractivity contribution < 1.29 is 0 Å². The minimum Gasteiger partial charge on any atom is -0.309 e. The van der Waals surface area contributed by atoms with Gasteiger partial charge in [0.25, 0.3) is 0 Å². The van der Waals surface area contributed by atoms with Gasteiger partial charge in [-0.2, -0.15) is 0 Å². The Balaban J connectivity index is 2.09. The quantitative estimate of drug-likeness (QED) is 0.752. The van der Waals surface area contributed by atoms with Crippen LogP contribution in [0.5, 0.6) is 0 Å². The molecule has 1 atom stereocenters. The third-order valence-corrected chi connectivity index (χ3v) is 4.39. The van der Waals surface area contributed by atoms with Crippen LogP contribution < -0.4 is 5.32 Å². The first-order valence-corrected chi connectivity index (χ1v) is 7.76. The molecule has 0 saturated carbocycles. The smallest absolute Gasteiger partial charge is 0.0702 e. The number of fused-ring (bicyclic) bond motifs is 1. The maximum absolute atomic E-state index is 4.57. The van der Waals surface area contributed by atoms with Crippen molar-refractivity contribution in [3.8, 4) is 0 Å². The van der Waals surface area contributed by atoms with Crippen molar-refractivity contribution in [3.05, 3.63) is 75.9 Å². The lowest BCUT2D eigenvalue weighted by atomic mass is 9.98. The van der Waals surface area contributed by atoms with Gasteiger partial charge in [-0.05, 0) is 48.9 Å². The van der Waals surface area contributed by atoms with E-state index in [1.165, 1.54) is 22.1 Å². The summed E-state index contributed by atoms with van der Waals surface area (Å²) in [5.41, 5.74) is 4.66. The summed E-state index contributed by atoms with van der Waals surface area (Å²) < 4.78 is 1.12. The zero-order chi connectivity index (χ0) is 14.8. The molecular formula is C18H17BrN2. The number of hydrogen-bond acceptors (Lipinski definition) is 2. The lowest BCUT2D eigenvalue weighted by Crippen LogP contribution is -2.18. The monoisotopic (exact) mass is 340 g/mol. The molecule has 0 saturated heterocycles. The van der Waals surface area contributed by atoms with E-state index in [1.807, 2.05) is 31.4 Å². The standard InChI is InChI=1S/C18H17BrN2/c1-12-7-8-15(16(19)9-12)18(20-2)14-10-13-5-3-4-6-17(13)21-11-14/h3-11,18,20H,1-2H3. The van der Waals surface area contributed by atoms with Gasteiger partial charge in [-0.25, -0.2) is 0 Å². The second-order valence-electron chi connectivity index (χ2n) is 5.21. The number of aromatic nitrogens is 1. The molecule has 1 N–H and O–H groups in total. The summed E-state index contributed by atoms with van der Waals surface area (Å²) in [5.74, 6) is 0. The predicted molar refractivity (Wildman–Crippen MR) is 91.5 cm³/mol. The highest BCUT2D eigenvalue weighted by molar-refractivity contribution is 9.10. The number of nitrogens with one attached hydrogen (secondary N) is 1.